The van der Waals surface area contributed by atoms with Gasteiger partial charge in [0.1, 0.15) is 0 Å². The molecule has 0 unspecified atom stereocenters. The minimum Gasteiger partial charge on any atom is -0.310 e. The number of rotatable bonds is 6. The molecule has 0 saturated carbocycles. The number of fused-ring (bicyclic) bond motifs is 9. The van der Waals surface area contributed by atoms with E-state index in [0.717, 1.165) is 17.1 Å². The summed E-state index contributed by atoms with van der Waals surface area (Å²) in [6.07, 6.45) is 0. The second-order valence-electron chi connectivity index (χ2n) is 16.9. The van der Waals surface area contributed by atoms with Crippen molar-refractivity contribution in [1.29, 1.82) is 0 Å². The molecule has 1 nitrogen and oxygen atoms in total. The van der Waals surface area contributed by atoms with Gasteiger partial charge in [0.2, 0.25) is 0 Å². The van der Waals surface area contributed by atoms with Crippen molar-refractivity contribution in [3.8, 4) is 44.5 Å². The van der Waals surface area contributed by atoms with Crippen molar-refractivity contribution >= 4 is 70.1 Å². The first-order valence-corrected chi connectivity index (χ1v) is 22.0. The van der Waals surface area contributed by atoms with Crippen molar-refractivity contribution < 1.29 is 0 Å². The number of hydrogen-bond donors (Lipinski definition) is 0. The molecule has 0 amide bonds. The first kappa shape index (κ1) is 35.7. The summed E-state index contributed by atoms with van der Waals surface area (Å²) in [6, 6.07) is 78.8. The first-order chi connectivity index (χ1) is 30.0. The molecule has 1 aromatic heterocycles. The van der Waals surface area contributed by atoms with Gasteiger partial charge in [-0.1, -0.05) is 184 Å². The molecule has 1 heterocycles. The van der Waals surface area contributed by atoms with Crippen LogP contribution in [0.5, 0.6) is 0 Å². The summed E-state index contributed by atoms with van der Waals surface area (Å²) in [4.78, 5) is 2.52. The molecule has 1 aliphatic carbocycles. The van der Waals surface area contributed by atoms with E-state index in [9.17, 15) is 0 Å². The fourth-order valence-corrected chi connectivity index (χ4v) is 11.3. The van der Waals surface area contributed by atoms with Crippen LogP contribution in [0, 0.1) is 0 Å². The van der Waals surface area contributed by atoms with Crippen LogP contribution >= 0.6 is 11.3 Å². The summed E-state index contributed by atoms with van der Waals surface area (Å²) >= 11 is 1.88. The van der Waals surface area contributed by atoms with E-state index in [2.05, 4.69) is 231 Å². The van der Waals surface area contributed by atoms with E-state index in [0.29, 0.717) is 0 Å². The Balaban J connectivity index is 1.13. The Morgan fingerprint density at radius 1 is 0.361 bits per heavy atom. The largest absolute Gasteiger partial charge is 0.310 e. The molecule has 0 bridgehead atoms. The third kappa shape index (κ3) is 5.67. The zero-order valence-corrected chi connectivity index (χ0v) is 34.9. The average molecular weight is 796 g/mol. The highest BCUT2D eigenvalue weighted by Gasteiger charge is 2.36. The van der Waals surface area contributed by atoms with Crippen LogP contribution in [0.1, 0.15) is 25.0 Å². The molecule has 2 heteroatoms. The lowest BCUT2D eigenvalue weighted by atomic mass is 9.82. The first-order valence-electron chi connectivity index (χ1n) is 21.2. The molecule has 0 aliphatic heterocycles. The Kier molecular flexibility index (Phi) is 8.13. The van der Waals surface area contributed by atoms with Crippen LogP contribution in [0.25, 0.3) is 86.2 Å². The number of benzene rings is 10. The lowest BCUT2D eigenvalue weighted by molar-refractivity contribution is 0.660. The number of thiophene rings is 1. The van der Waals surface area contributed by atoms with Gasteiger partial charge in [-0.15, -0.1) is 11.3 Å². The fourth-order valence-electron chi connectivity index (χ4n) is 10.1. The van der Waals surface area contributed by atoms with Gasteiger partial charge < -0.3 is 4.90 Å². The summed E-state index contributed by atoms with van der Waals surface area (Å²) < 4.78 is 2.63. The monoisotopic (exact) mass is 795 g/mol. The van der Waals surface area contributed by atoms with Gasteiger partial charge in [0.15, 0.2) is 0 Å². The summed E-state index contributed by atoms with van der Waals surface area (Å²) in [5.41, 5.74) is 15.8. The van der Waals surface area contributed by atoms with E-state index < -0.39 is 0 Å². The van der Waals surface area contributed by atoms with Crippen molar-refractivity contribution in [3.05, 3.63) is 223 Å². The van der Waals surface area contributed by atoms with Crippen molar-refractivity contribution in [1.82, 2.24) is 0 Å². The van der Waals surface area contributed by atoms with Crippen LogP contribution in [0.15, 0.2) is 212 Å². The number of nitrogens with zero attached hydrogens (tertiary/aromatic N) is 1. The van der Waals surface area contributed by atoms with Crippen LogP contribution in [0.3, 0.4) is 0 Å². The highest BCUT2D eigenvalue weighted by Crippen LogP contribution is 2.52. The van der Waals surface area contributed by atoms with E-state index in [1.54, 1.807) is 0 Å². The Morgan fingerprint density at radius 2 is 0.984 bits per heavy atom. The van der Waals surface area contributed by atoms with Gasteiger partial charge in [-0.2, -0.15) is 0 Å². The van der Waals surface area contributed by atoms with Gasteiger partial charge >= 0.3 is 0 Å². The third-order valence-electron chi connectivity index (χ3n) is 13.0. The Morgan fingerprint density at radius 3 is 1.87 bits per heavy atom. The molecule has 0 atom stereocenters. The van der Waals surface area contributed by atoms with Crippen LogP contribution in [-0.4, -0.2) is 0 Å². The van der Waals surface area contributed by atoms with Gasteiger partial charge in [-0.05, 0) is 114 Å². The Hall–Kier alpha value is -7.26. The second kappa shape index (κ2) is 13.9. The smallest absolute Gasteiger partial charge is 0.0546 e. The molecule has 0 saturated heterocycles. The lowest BCUT2D eigenvalue weighted by Gasteiger charge is -2.30. The number of hydrogen-bond acceptors (Lipinski definition) is 2. The van der Waals surface area contributed by atoms with Gasteiger partial charge in [0.25, 0.3) is 0 Å². The molecule has 0 fully saturated rings. The molecule has 0 radical (unpaired) electrons. The Bertz CT molecular complexity index is 3520. The predicted molar refractivity (Wildman–Crippen MR) is 263 cm³/mol. The third-order valence-corrected chi connectivity index (χ3v) is 14.3. The van der Waals surface area contributed by atoms with Gasteiger partial charge in [-0.25, -0.2) is 0 Å². The average Bonchev–Trinajstić information content (AvgIpc) is 3.81. The highest BCUT2D eigenvalue weighted by molar-refractivity contribution is 7.26. The standard InChI is InChI=1S/C59H41NS/c1-59(2)54-28-12-10-24-49(54)50-33-31-43(37-55(50)59)60(42-20-14-19-39(34-42)46-26-15-27-52-51-25-11-13-29-57(51)61-58(46)52)56-36-41(30-32-45(56)38-16-4-3-5-17-38)53-35-40-18-6-7-21-44(40)47-22-8-9-23-48(47)53/h3-37H,1-2H3. The minimum atomic E-state index is -0.152. The van der Waals surface area contributed by atoms with E-state index in [4.69, 9.17) is 0 Å². The van der Waals surface area contributed by atoms with E-state index in [-0.39, 0.29) is 5.41 Å². The van der Waals surface area contributed by atoms with Gasteiger partial charge in [-0.3, -0.25) is 0 Å². The topological polar surface area (TPSA) is 3.24 Å². The highest BCUT2D eigenvalue weighted by atomic mass is 32.1. The maximum atomic E-state index is 2.52. The van der Waals surface area contributed by atoms with Gasteiger partial charge in [0.05, 0.1) is 5.69 Å². The molecule has 10 aromatic carbocycles. The summed E-state index contributed by atoms with van der Waals surface area (Å²) in [5.74, 6) is 0. The van der Waals surface area contributed by atoms with Crippen molar-refractivity contribution in [3.63, 3.8) is 0 Å². The zero-order chi connectivity index (χ0) is 40.7. The maximum Gasteiger partial charge on any atom is 0.0546 e. The van der Waals surface area contributed by atoms with Crippen molar-refractivity contribution in [2.24, 2.45) is 0 Å². The zero-order valence-electron chi connectivity index (χ0n) is 34.1. The van der Waals surface area contributed by atoms with Crippen LogP contribution in [-0.2, 0) is 5.41 Å². The van der Waals surface area contributed by atoms with E-state index >= 15 is 0 Å². The maximum absolute atomic E-state index is 2.52. The van der Waals surface area contributed by atoms with Crippen molar-refractivity contribution in [2.75, 3.05) is 4.90 Å². The quantitative estimate of drug-likeness (QED) is 0.152. The molecule has 0 spiro atoms. The molecule has 61 heavy (non-hydrogen) atoms. The predicted octanol–water partition coefficient (Wildman–Crippen LogP) is 17.1. The normalized spacial score (nSPS) is 12.9. The Labute approximate surface area is 360 Å². The molecule has 12 rings (SSSR count). The van der Waals surface area contributed by atoms with E-state index in [1.165, 1.54) is 97.4 Å². The SMILES string of the molecule is CC1(C)c2ccccc2-c2ccc(N(c3cccc(-c4cccc5c4sc4ccccc45)c3)c3cc(-c4cc5ccccc5c5ccccc45)ccc3-c3ccccc3)cc21. The van der Waals surface area contributed by atoms with Crippen LogP contribution in [0.4, 0.5) is 17.1 Å². The van der Waals surface area contributed by atoms with Crippen LogP contribution in [0.2, 0.25) is 0 Å². The molecular formula is C59H41NS. The summed E-state index contributed by atoms with van der Waals surface area (Å²) in [6.45, 7) is 4.75. The molecular weight excluding hydrogens is 755 g/mol. The fraction of sp³-hybridized carbons (Fsp3) is 0.0508. The van der Waals surface area contributed by atoms with Gasteiger partial charge in [0, 0.05) is 42.5 Å². The molecule has 288 valence electrons. The molecule has 1 aliphatic rings. The summed E-state index contributed by atoms with van der Waals surface area (Å²) in [7, 11) is 0. The lowest BCUT2D eigenvalue weighted by Crippen LogP contribution is -2.17. The summed E-state index contributed by atoms with van der Waals surface area (Å²) in [5, 5.41) is 7.66. The van der Waals surface area contributed by atoms with Crippen molar-refractivity contribution in [2.45, 2.75) is 19.3 Å². The van der Waals surface area contributed by atoms with E-state index in [1.807, 2.05) is 11.3 Å². The second-order valence-corrected chi connectivity index (χ2v) is 17.9. The molecule has 0 N–H and O–H groups in total. The number of anilines is 3. The minimum absolute atomic E-state index is 0.152. The van der Waals surface area contributed by atoms with Crippen LogP contribution < -0.4 is 4.90 Å². The molecule has 11 aromatic rings.